The number of benzene rings is 4. The average Bonchev–Trinajstić information content (AvgIpc) is 3.49. The van der Waals surface area contributed by atoms with Crippen molar-refractivity contribution in [1.82, 2.24) is 4.98 Å². The fourth-order valence-electron chi connectivity index (χ4n) is 4.02. The van der Waals surface area contributed by atoms with E-state index >= 15 is 0 Å². The molecule has 148 valence electrons. The van der Waals surface area contributed by atoms with E-state index in [9.17, 15) is 0 Å². The van der Waals surface area contributed by atoms with Crippen LogP contribution in [0.5, 0.6) is 5.75 Å². The van der Waals surface area contributed by atoms with E-state index in [1.807, 2.05) is 36.0 Å². The number of thioether (sulfide) groups is 1. The summed E-state index contributed by atoms with van der Waals surface area (Å²) in [4.78, 5) is 4.92. The lowest BCUT2D eigenvalue weighted by Gasteiger charge is -2.07. The molecule has 5 aromatic rings. The second kappa shape index (κ2) is 6.78. The van der Waals surface area contributed by atoms with Crippen molar-refractivity contribution in [3.8, 4) is 17.2 Å². The van der Waals surface area contributed by atoms with Gasteiger partial charge in [-0.3, -0.25) is 0 Å². The molecule has 4 aromatic carbocycles. The molecule has 4 heteroatoms. The first-order chi connectivity index (χ1) is 14.7. The van der Waals surface area contributed by atoms with E-state index in [0.29, 0.717) is 11.1 Å². The molecule has 30 heavy (non-hydrogen) atoms. The normalized spacial score (nSPS) is 15.9. The van der Waals surface area contributed by atoms with Gasteiger partial charge in [0.25, 0.3) is 0 Å². The van der Waals surface area contributed by atoms with Crippen LogP contribution in [-0.4, -0.2) is 22.6 Å². The van der Waals surface area contributed by atoms with Gasteiger partial charge < -0.3 is 9.15 Å². The molecule has 1 unspecified atom stereocenters. The summed E-state index contributed by atoms with van der Waals surface area (Å²) in [5.74, 6) is 2.75. The Hall–Kier alpha value is -2.98. The summed E-state index contributed by atoms with van der Waals surface area (Å²) in [5.41, 5.74) is 5.21. The topological polar surface area (TPSA) is 35.3 Å². The number of aryl methyl sites for hydroxylation is 2. The van der Waals surface area contributed by atoms with Gasteiger partial charge in [-0.25, -0.2) is 4.98 Å². The highest BCUT2D eigenvalue weighted by molar-refractivity contribution is 8.06. The van der Waals surface area contributed by atoms with Gasteiger partial charge in [-0.1, -0.05) is 47.5 Å². The molecule has 1 aromatic heterocycles. The second-order valence-electron chi connectivity index (χ2n) is 8.09. The summed E-state index contributed by atoms with van der Waals surface area (Å²) in [6, 6.07) is 21.1. The van der Waals surface area contributed by atoms with Crippen LogP contribution in [-0.2, 0) is 0 Å². The number of hydrogen-bond donors (Lipinski definition) is 0. The lowest BCUT2D eigenvalue weighted by molar-refractivity contribution is 0.330. The number of ether oxygens (including phenoxy) is 1. The van der Waals surface area contributed by atoms with E-state index in [2.05, 4.69) is 50.2 Å². The number of aromatic nitrogens is 1. The zero-order valence-corrected chi connectivity index (χ0v) is 17.8. The van der Waals surface area contributed by atoms with E-state index in [1.165, 1.54) is 27.7 Å². The molecular weight excluding hydrogens is 390 g/mol. The van der Waals surface area contributed by atoms with Crippen LogP contribution in [0.1, 0.15) is 11.1 Å². The fourth-order valence-corrected chi connectivity index (χ4v) is 4.42. The quantitative estimate of drug-likeness (QED) is 0.238. The summed E-state index contributed by atoms with van der Waals surface area (Å²) in [6.07, 6.45) is 0. The molecule has 6 rings (SSSR count). The van der Waals surface area contributed by atoms with E-state index in [4.69, 9.17) is 14.1 Å². The number of hydrogen-bond acceptors (Lipinski definition) is 4. The third-order valence-electron chi connectivity index (χ3n) is 5.71. The van der Waals surface area contributed by atoms with E-state index in [-0.39, 0.29) is 0 Å². The molecule has 1 aliphatic rings. The van der Waals surface area contributed by atoms with Crippen LogP contribution in [0.25, 0.3) is 44.1 Å². The molecule has 0 saturated carbocycles. The van der Waals surface area contributed by atoms with Crippen molar-refractivity contribution in [3.05, 3.63) is 71.8 Å². The lowest BCUT2D eigenvalue weighted by atomic mass is 9.97. The van der Waals surface area contributed by atoms with Crippen molar-refractivity contribution in [2.45, 2.75) is 19.1 Å². The Morgan fingerprint density at radius 3 is 2.27 bits per heavy atom. The van der Waals surface area contributed by atoms with E-state index in [0.717, 1.165) is 39.8 Å². The van der Waals surface area contributed by atoms with Gasteiger partial charge in [-0.15, -0.1) is 0 Å². The predicted octanol–water partition coefficient (Wildman–Crippen LogP) is 6.91. The highest BCUT2D eigenvalue weighted by atomic mass is 32.2. The minimum absolute atomic E-state index is 0.643. The first kappa shape index (κ1) is 17.8. The maximum atomic E-state index is 6.34. The average molecular weight is 412 g/mol. The summed E-state index contributed by atoms with van der Waals surface area (Å²) in [5, 5.41) is 5.34. The van der Waals surface area contributed by atoms with Crippen LogP contribution in [0.4, 0.5) is 0 Å². The van der Waals surface area contributed by atoms with Gasteiger partial charge in [0, 0.05) is 27.3 Å². The van der Waals surface area contributed by atoms with Gasteiger partial charge in [0.05, 0.1) is 0 Å². The zero-order valence-electron chi connectivity index (χ0n) is 16.9. The summed E-state index contributed by atoms with van der Waals surface area (Å²) >= 11 is 1.94. The van der Waals surface area contributed by atoms with Crippen molar-refractivity contribution in [1.29, 1.82) is 0 Å². The van der Waals surface area contributed by atoms with Gasteiger partial charge in [-0.05, 0) is 48.9 Å². The minimum Gasteiger partial charge on any atom is -0.492 e. The highest BCUT2D eigenvalue weighted by Gasteiger charge is 2.23. The third-order valence-corrected chi connectivity index (χ3v) is 6.65. The maximum absolute atomic E-state index is 6.34. The molecule has 1 fully saturated rings. The fraction of sp³-hybridized carbons (Fsp3) is 0.192. The SMILES string of the molecule is Cc1ccc2c(c1)c1cc(C)ccc1c1oc(-c3ccc(OCC4CS4)cc3)nc21. The molecule has 1 atom stereocenters. The smallest absolute Gasteiger partial charge is 0.227 e. The summed E-state index contributed by atoms with van der Waals surface area (Å²) in [6.45, 7) is 5.04. The van der Waals surface area contributed by atoms with Crippen molar-refractivity contribution < 1.29 is 9.15 Å². The Bertz CT molecular complexity index is 1340. The van der Waals surface area contributed by atoms with Gasteiger partial charge in [0.1, 0.15) is 17.9 Å². The van der Waals surface area contributed by atoms with Crippen molar-refractivity contribution >= 4 is 44.4 Å². The monoisotopic (exact) mass is 411 g/mol. The zero-order chi connectivity index (χ0) is 20.2. The molecule has 2 heterocycles. The first-order valence-electron chi connectivity index (χ1n) is 10.2. The summed E-state index contributed by atoms with van der Waals surface area (Å²) < 4.78 is 12.2. The molecule has 0 aliphatic carbocycles. The van der Waals surface area contributed by atoms with Crippen LogP contribution >= 0.6 is 11.8 Å². The standard InChI is InChI=1S/C26H21NO2S/c1-15-3-9-20-22(11-15)23-12-16(2)4-10-21(23)25-24(20)27-26(29-25)17-5-7-18(8-6-17)28-13-19-14-30-19/h3-12,19H,13-14H2,1-2H3. The Labute approximate surface area is 179 Å². The van der Waals surface area contributed by atoms with E-state index < -0.39 is 0 Å². The van der Waals surface area contributed by atoms with Gasteiger partial charge in [0.2, 0.25) is 5.89 Å². The molecular formula is C26H21NO2S. The Morgan fingerprint density at radius 1 is 0.900 bits per heavy atom. The highest BCUT2D eigenvalue weighted by Crippen LogP contribution is 2.38. The second-order valence-corrected chi connectivity index (χ2v) is 9.42. The first-order valence-corrected chi connectivity index (χ1v) is 11.3. The Morgan fingerprint density at radius 2 is 1.57 bits per heavy atom. The molecule has 0 amide bonds. The van der Waals surface area contributed by atoms with Crippen molar-refractivity contribution in [3.63, 3.8) is 0 Å². The van der Waals surface area contributed by atoms with Gasteiger partial charge >= 0.3 is 0 Å². The predicted molar refractivity (Wildman–Crippen MR) is 126 cm³/mol. The third kappa shape index (κ3) is 3.03. The van der Waals surface area contributed by atoms with Gasteiger partial charge in [0.15, 0.2) is 5.58 Å². The number of rotatable bonds is 4. The molecule has 0 spiro atoms. The van der Waals surface area contributed by atoms with Crippen LogP contribution in [0.2, 0.25) is 0 Å². The van der Waals surface area contributed by atoms with Crippen LogP contribution in [0, 0.1) is 13.8 Å². The van der Waals surface area contributed by atoms with Crippen molar-refractivity contribution in [2.75, 3.05) is 12.4 Å². The van der Waals surface area contributed by atoms with E-state index in [1.54, 1.807) is 0 Å². The minimum atomic E-state index is 0.643. The molecule has 1 saturated heterocycles. The number of oxazole rings is 1. The molecule has 3 nitrogen and oxygen atoms in total. The Kier molecular flexibility index (Phi) is 4.03. The molecule has 0 bridgehead atoms. The largest absolute Gasteiger partial charge is 0.492 e. The molecule has 0 N–H and O–H groups in total. The number of nitrogens with zero attached hydrogens (tertiary/aromatic N) is 1. The van der Waals surface area contributed by atoms with Crippen LogP contribution < -0.4 is 4.74 Å². The van der Waals surface area contributed by atoms with Crippen LogP contribution in [0.15, 0.2) is 65.1 Å². The maximum Gasteiger partial charge on any atom is 0.227 e. The number of fused-ring (bicyclic) bond motifs is 6. The molecule has 1 aliphatic heterocycles. The Balaban J connectivity index is 1.51. The van der Waals surface area contributed by atoms with Crippen LogP contribution in [0.3, 0.4) is 0 Å². The van der Waals surface area contributed by atoms with Gasteiger partial charge in [-0.2, -0.15) is 11.8 Å². The summed E-state index contributed by atoms with van der Waals surface area (Å²) in [7, 11) is 0. The lowest BCUT2D eigenvalue weighted by Crippen LogP contribution is -2.02. The molecule has 0 radical (unpaired) electrons. The van der Waals surface area contributed by atoms with Crippen molar-refractivity contribution in [2.24, 2.45) is 0 Å².